The number of aryl methyl sites for hydroxylation is 2. The lowest BCUT2D eigenvalue weighted by molar-refractivity contribution is 0.0697. The summed E-state index contributed by atoms with van der Waals surface area (Å²) >= 11 is 0. The Morgan fingerprint density at radius 2 is 1.90 bits per heavy atom. The van der Waals surface area contributed by atoms with Crippen molar-refractivity contribution >= 4 is 5.97 Å². The molecule has 2 heterocycles. The summed E-state index contributed by atoms with van der Waals surface area (Å²) in [6.45, 7) is 4.90. The lowest BCUT2D eigenvalue weighted by Crippen LogP contribution is -2.08. The minimum atomic E-state index is -0.940. The van der Waals surface area contributed by atoms with Crippen LogP contribution in [0, 0.1) is 0 Å². The van der Waals surface area contributed by atoms with Gasteiger partial charge in [-0.05, 0) is 36.1 Å². The largest absolute Gasteiger partial charge is 0.478 e. The van der Waals surface area contributed by atoms with Crippen molar-refractivity contribution in [1.82, 2.24) is 19.7 Å². The van der Waals surface area contributed by atoms with Crippen molar-refractivity contribution in [2.24, 2.45) is 0 Å². The van der Waals surface area contributed by atoms with Gasteiger partial charge in [-0.25, -0.2) is 14.5 Å². The number of unbranched alkanes of at least 4 members (excludes halogenated alkanes) is 2. The van der Waals surface area contributed by atoms with Crippen LogP contribution in [0.2, 0.25) is 0 Å². The third-order valence-corrected chi connectivity index (χ3v) is 4.87. The molecule has 6 nitrogen and oxygen atoms in total. The molecule has 1 N–H and O–H groups in total. The Hall–Kier alpha value is -3.02. The molecule has 0 atom stereocenters. The van der Waals surface area contributed by atoms with Crippen LogP contribution in [-0.4, -0.2) is 30.8 Å². The SMILES string of the molecule is CCCCCc1nc(CCC)nn1Cc1cncc(-c2ccccc2C(=O)O)c1. The van der Waals surface area contributed by atoms with Gasteiger partial charge in [-0.2, -0.15) is 5.10 Å². The first-order valence-electron chi connectivity index (χ1n) is 10.3. The van der Waals surface area contributed by atoms with Gasteiger partial charge in [-0.15, -0.1) is 0 Å². The number of carbonyl (C=O) groups is 1. The molecule has 2 aromatic heterocycles. The third kappa shape index (κ3) is 5.28. The van der Waals surface area contributed by atoms with Crippen LogP contribution >= 0.6 is 0 Å². The van der Waals surface area contributed by atoms with Gasteiger partial charge < -0.3 is 5.11 Å². The van der Waals surface area contributed by atoms with E-state index in [0.717, 1.165) is 48.5 Å². The summed E-state index contributed by atoms with van der Waals surface area (Å²) in [5.74, 6) is 0.960. The van der Waals surface area contributed by atoms with Crippen LogP contribution in [0.15, 0.2) is 42.7 Å². The smallest absolute Gasteiger partial charge is 0.336 e. The zero-order valence-corrected chi connectivity index (χ0v) is 17.1. The summed E-state index contributed by atoms with van der Waals surface area (Å²) < 4.78 is 1.98. The van der Waals surface area contributed by atoms with Gasteiger partial charge in [0, 0.05) is 30.8 Å². The maximum atomic E-state index is 11.6. The molecule has 0 amide bonds. The zero-order valence-electron chi connectivity index (χ0n) is 17.1. The highest BCUT2D eigenvalue weighted by atomic mass is 16.4. The number of carboxylic acid groups (broad SMARTS) is 1. The second-order valence-electron chi connectivity index (χ2n) is 7.24. The summed E-state index contributed by atoms with van der Waals surface area (Å²) in [5, 5.41) is 14.2. The average Bonchev–Trinajstić information content (AvgIpc) is 3.10. The molecule has 0 unspecified atom stereocenters. The highest BCUT2D eigenvalue weighted by Crippen LogP contribution is 2.24. The molecule has 0 aliphatic rings. The summed E-state index contributed by atoms with van der Waals surface area (Å²) in [6, 6.07) is 9.00. The molecule has 152 valence electrons. The summed E-state index contributed by atoms with van der Waals surface area (Å²) in [7, 11) is 0. The summed E-state index contributed by atoms with van der Waals surface area (Å²) in [5.41, 5.74) is 2.72. The van der Waals surface area contributed by atoms with E-state index in [1.54, 1.807) is 18.3 Å². The Morgan fingerprint density at radius 3 is 2.66 bits per heavy atom. The fraction of sp³-hybridized carbons (Fsp3) is 0.391. The molecule has 0 spiro atoms. The quantitative estimate of drug-likeness (QED) is 0.503. The average molecular weight is 393 g/mol. The van der Waals surface area contributed by atoms with Crippen LogP contribution in [0.5, 0.6) is 0 Å². The van der Waals surface area contributed by atoms with Crippen LogP contribution in [0.3, 0.4) is 0 Å². The lowest BCUT2D eigenvalue weighted by Gasteiger charge is -2.09. The lowest BCUT2D eigenvalue weighted by atomic mass is 10.00. The number of hydrogen-bond donors (Lipinski definition) is 1. The third-order valence-electron chi connectivity index (χ3n) is 4.87. The van der Waals surface area contributed by atoms with E-state index in [-0.39, 0.29) is 5.56 Å². The van der Waals surface area contributed by atoms with Gasteiger partial charge in [0.05, 0.1) is 12.1 Å². The van der Waals surface area contributed by atoms with Gasteiger partial charge in [0.25, 0.3) is 0 Å². The number of benzene rings is 1. The van der Waals surface area contributed by atoms with Crippen molar-refractivity contribution in [3.63, 3.8) is 0 Å². The normalized spacial score (nSPS) is 11.0. The van der Waals surface area contributed by atoms with E-state index in [0.29, 0.717) is 12.1 Å². The van der Waals surface area contributed by atoms with Crippen LogP contribution < -0.4 is 0 Å². The van der Waals surface area contributed by atoms with E-state index in [1.807, 2.05) is 29.1 Å². The van der Waals surface area contributed by atoms with E-state index in [4.69, 9.17) is 10.1 Å². The van der Waals surface area contributed by atoms with Crippen molar-refractivity contribution in [1.29, 1.82) is 0 Å². The van der Waals surface area contributed by atoms with Crippen LogP contribution in [0.1, 0.15) is 67.1 Å². The molecule has 3 rings (SSSR count). The first kappa shape index (κ1) is 20.7. The predicted octanol–water partition coefficient (Wildman–Crippen LogP) is 4.77. The molecule has 3 aromatic rings. The van der Waals surface area contributed by atoms with Gasteiger partial charge in [0.2, 0.25) is 0 Å². The number of carboxylic acids is 1. The summed E-state index contributed by atoms with van der Waals surface area (Å²) in [4.78, 5) is 20.7. The highest BCUT2D eigenvalue weighted by Gasteiger charge is 2.13. The molecule has 6 heteroatoms. The van der Waals surface area contributed by atoms with Gasteiger partial charge in [0.15, 0.2) is 5.82 Å². The number of pyridine rings is 1. The van der Waals surface area contributed by atoms with E-state index in [1.165, 1.54) is 12.8 Å². The molecular formula is C23H28N4O2. The fourth-order valence-corrected chi connectivity index (χ4v) is 3.42. The molecule has 0 radical (unpaired) electrons. The molecule has 0 aliphatic carbocycles. The predicted molar refractivity (Wildman–Crippen MR) is 113 cm³/mol. The molecule has 0 fully saturated rings. The first-order chi connectivity index (χ1) is 14.1. The van der Waals surface area contributed by atoms with E-state index in [9.17, 15) is 9.90 Å². The Morgan fingerprint density at radius 1 is 1.07 bits per heavy atom. The zero-order chi connectivity index (χ0) is 20.6. The Kier molecular flexibility index (Phi) is 7.11. The monoisotopic (exact) mass is 392 g/mol. The maximum absolute atomic E-state index is 11.6. The van der Waals surface area contributed by atoms with Gasteiger partial charge >= 0.3 is 5.97 Å². The van der Waals surface area contributed by atoms with Crippen LogP contribution in [0.4, 0.5) is 0 Å². The Bertz CT molecular complexity index is 965. The first-order valence-corrected chi connectivity index (χ1v) is 10.3. The molecular weight excluding hydrogens is 364 g/mol. The van der Waals surface area contributed by atoms with E-state index < -0.39 is 5.97 Å². The number of rotatable bonds is 10. The number of hydrogen-bond acceptors (Lipinski definition) is 4. The molecule has 1 aromatic carbocycles. The second-order valence-corrected chi connectivity index (χ2v) is 7.24. The minimum absolute atomic E-state index is 0.276. The topological polar surface area (TPSA) is 80.9 Å². The van der Waals surface area contributed by atoms with Crippen molar-refractivity contribution in [3.05, 3.63) is 65.5 Å². The Balaban J connectivity index is 1.88. The molecule has 29 heavy (non-hydrogen) atoms. The van der Waals surface area contributed by atoms with Gasteiger partial charge in [0.1, 0.15) is 5.82 Å². The van der Waals surface area contributed by atoms with Crippen molar-refractivity contribution in [2.75, 3.05) is 0 Å². The highest BCUT2D eigenvalue weighted by molar-refractivity contribution is 5.95. The molecule has 0 aliphatic heterocycles. The van der Waals surface area contributed by atoms with E-state index in [2.05, 4.69) is 18.8 Å². The van der Waals surface area contributed by atoms with Crippen LogP contribution in [0.25, 0.3) is 11.1 Å². The molecule has 0 saturated heterocycles. The summed E-state index contributed by atoms with van der Waals surface area (Å²) in [6.07, 6.45) is 9.77. The van der Waals surface area contributed by atoms with Crippen LogP contribution in [-0.2, 0) is 19.4 Å². The van der Waals surface area contributed by atoms with Gasteiger partial charge in [-0.1, -0.05) is 44.9 Å². The van der Waals surface area contributed by atoms with E-state index >= 15 is 0 Å². The molecule has 0 bridgehead atoms. The Labute approximate surface area is 171 Å². The second kappa shape index (κ2) is 9.96. The van der Waals surface area contributed by atoms with Crippen molar-refractivity contribution in [3.8, 4) is 11.1 Å². The maximum Gasteiger partial charge on any atom is 0.336 e. The standard InChI is InChI=1S/C23H28N4O2/c1-3-5-6-12-22-25-21(9-4-2)26-27(22)16-17-13-18(15-24-14-17)19-10-7-8-11-20(19)23(28)29/h7-8,10-11,13-15H,3-6,9,12,16H2,1-2H3,(H,28,29). The number of aromatic carboxylic acids is 1. The van der Waals surface area contributed by atoms with Gasteiger partial charge in [-0.3, -0.25) is 4.98 Å². The number of aromatic nitrogens is 4. The minimum Gasteiger partial charge on any atom is -0.478 e. The molecule has 0 saturated carbocycles. The van der Waals surface area contributed by atoms with Crippen molar-refractivity contribution in [2.45, 2.75) is 58.9 Å². The van der Waals surface area contributed by atoms with Crippen molar-refractivity contribution < 1.29 is 9.90 Å². The fourth-order valence-electron chi connectivity index (χ4n) is 3.42. The number of nitrogens with zero attached hydrogens (tertiary/aromatic N) is 4.